The van der Waals surface area contributed by atoms with Crippen molar-refractivity contribution in [2.45, 2.75) is 20.3 Å². The second-order valence-corrected chi connectivity index (χ2v) is 3.14. The van der Waals surface area contributed by atoms with Gasteiger partial charge in [0.1, 0.15) is 11.6 Å². The number of fused-ring (bicyclic) bond motifs is 1. The molecule has 0 saturated carbocycles. The van der Waals surface area contributed by atoms with Crippen LogP contribution < -0.4 is 5.73 Å². The Kier molecular flexibility index (Phi) is 1.72. The number of nitrogens with zero attached hydrogens (tertiary/aromatic N) is 2. The first kappa shape index (κ1) is 8.10. The summed E-state index contributed by atoms with van der Waals surface area (Å²) in [6.07, 6.45) is 0.906. The number of pyridine rings is 1. The monoisotopic (exact) mass is 175 g/mol. The van der Waals surface area contributed by atoms with Crippen LogP contribution in [0.15, 0.2) is 18.2 Å². The molecule has 13 heavy (non-hydrogen) atoms. The van der Waals surface area contributed by atoms with Gasteiger partial charge in [-0.05, 0) is 19.1 Å². The van der Waals surface area contributed by atoms with E-state index < -0.39 is 0 Å². The Bertz CT molecular complexity index is 443. The Balaban J connectivity index is 2.89. The van der Waals surface area contributed by atoms with Crippen molar-refractivity contribution in [2.75, 3.05) is 5.73 Å². The molecule has 0 aromatic carbocycles. The van der Waals surface area contributed by atoms with E-state index in [0.717, 1.165) is 29.3 Å². The van der Waals surface area contributed by atoms with E-state index in [0.29, 0.717) is 0 Å². The van der Waals surface area contributed by atoms with Crippen molar-refractivity contribution in [2.24, 2.45) is 0 Å². The first-order valence-electron chi connectivity index (χ1n) is 4.46. The van der Waals surface area contributed by atoms with Gasteiger partial charge in [-0.25, -0.2) is 4.98 Å². The van der Waals surface area contributed by atoms with Crippen molar-refractivity contribution in [1.82, 2.24) is 9.38 Å². The quantitative estimate of drug-likeness (QED) is 0.718. The number of aromatic nitrogens is 2. The molecule has 0 aliphatic heterocycles. The van der Waals surface area contributed by atoms with E-state index in [1.807, 2.05) is 29.5 Å². The highest BCUT2D eigenvalue weighted by Crippen LogP contribution is 2.16. The van der Waals surface area contributed by atoms with E-state index in [4.69, 9.17) is 5.73 Å². The lowest BCUT2D eigenvalue weighted by Gasteiger charge is -2.01. The largest absolute Gasteiger partial charge is 0.385 e. The van der Waals surface area contributed by atoms with Gasteiger partial charge in [0.15, 0.2) is 0 Å². The van der Waals surface area contributed by atoms with Gasteiger partial charge in [-0.1, -0.05) is 13.0 Å². The fraction of sp³-hybridized carbons (Fsp3) is 0.300. The van der Waals surface area contributed by atoms with Crippen LogP contribution in [0.2, 0.25) is 0 Å². The summed E-state index contributed by atoms with van der Waals surface area (Å²) in [6.45, 7) is 4.09. The summed E-state index contributed by atoms with van der Waals surface area (Å²) in [4.78, 5) is 4.45. The van der Waals surface area contributed by atoms with Crippen LogP contribution in [0.4, 0.5) is 5.82 Å². The minimum atomic E-state index is 0.759. The van der Waals surface area contributed by atoms with Crippen LogP contribution in [0.5, 0.6) is 0 Å². The van der Waals surface area contributed by atoms with Gasteiger partial charge in [0.05, 0.1) is 11.2 Å². The molecule has 0 aliphatic carbocycles. The van der Waals surface area contributed by atoms with Crippen molar-refractivity contribution in [3.8, 4) is 0 Å². The summed E-state index contributed by atoms with van der Waals surface area (Å²) < 4.78 is 2.01. The van der Waals surface area contributed by atoms with Crippen molar-refractivity contribution in [1.29, 1.82) is 0 Å². The molecular formula is C10H13N3. The molecule has 2 rings (SSSR count). The minimum Gasteiger partial charge on any atom is -0.385 e. The lowest BCUT2D eigenvalue weighted by atomic mass is 10.3. The first-order valence-corrected chi connectivity index (χ1v) is 4.46. The molecule has 0 bridgehead atoms. The normalized spacial score (nSPS) is 10.9. The average molecular weight is 175 g/mol. The predicted molar refractivity (Wildman–Crippen MR) is 53.7 cm³/mol. The van der Waals surface area contributed by atoms with E-state index in [-0.39, 0.29) is 0 Å². The summed E-state index contributed by atoms with van der Waals surface area (Å²) >= 11 is 0. The van der Waals surface area contributed by atoms with Crippen molar-refractivity contribution in [3.63, 3.8) is 0 Å². The molecule has 0 amide bonds. The highest BCUT2D eigenvalue weighted by atomic mass is 15.1. The first-order chi connectivity index (χ1) is 6.24. The van der Waals surface area contributed by atoms with Crippen LogP contribution in [0, 0.1) is 6.92 Å². The van der Waals surface area contributed by atoms with Gasteiger partial charge in [0, 0.05) is 6.42 Å². The fourth-order valence-corrected chi connectivity index (χ4v) is 1.63. The Morgan fingerprint density at radius 2 is 2.23 bits per heavy atom. The molecule has 3 nitrogen and oxygen atoms in total. The standard InChI is InChI=1S/C10H13N3/c1-3-10-12-7(2)8-5-4-6-9(11)13(8)10/h4-6H,3,11H2,1-2H3. The molecule has 0 atom stereocenters. The van der Waals surface area contributed by atoms with E-state index in [1.165, 1.54) is 0 Å². The highest BCUT2D eigenvalue weighted by Gasteiger charge is 2.06. The second-order valence-electron chi connectivity index (χ2n) is 3.14. The van der Waals surface area contributed by atoms with Crippen LogP contribution in [-0.4, -0.2) is 9.38 Å². The minimum absolute atomic E-state index is 0.759. The number of nitrogens with two attached hydrogens (primary N) is 1. The summed E-state index contributed by atoms with van der Waals surface area (Å²) in [7, 11) is 0. The molecule has 2 aromatic heterocycles. The van der Waals surface area contributed by atoms with Crippen molar-refractivity contribution >= 4 is 11.3 Å². The molecule has 0 aliphatic rings. The topological polar surface area (TPSA) is 43.3 Å². The molecule has 0 fully saturated rings. The maximum atomic E-state index is 5.87. The van der Waals surface area contributed by atoms with Crippen LogP contribution in [0.25, 0.3) is 5.52 Å². The predicted octanol–water partition coefficient (Wildman–Crippen LogP) is 1.79. The number of aryl methyl sites for hydroxylation is 2. The lowest BCUT2D eigenvalue weighted by molar-refractivity contribution is 0.935. The number of nitrogen functional groups attached to an aromatic ring is 1. The Hall–Kier alpha value is -1.51. The van der Waals surface area contributed by atoms with Crippen molar-refractivity contribution in [3.05, 3.63) is 29.7 Å². The highest BCUT2D eigenvalue weighted by molar-refractivity contribution is 5.57. The molecule has 0 saturated heterocycles. The summed E-state index contributed by atoms with van der Waals surface area (Å²) in [6, 6.07) is 5.89. The smallest absolute Gasteiger partial charge is 0.114 e. The third-order valence-corrected chi connectivity index (χ3v) is 2.26. The zero-order valence-corrected chi connectivity index (χ0v) is 7.91. The number of anilines is 1. The van der Waals surface area contributed by atoms with Crippen LogP contribution >= 0.6 is 0 Å². The molecule has 2 aromatic rings. The third-order valence-electron chi connectivity index (χ3n) is 2.26. The second kappa shape index (κ2) is 2.76. The average Bonchev–Trinajstić information content (AvgIpc) is 2.45. The van der Waals surface area contributed by atoms with Gasteiger partial charge in [0.2, 0.25) is 0 Å². The molecule has 68 valence electrons. The van der Waals surface area contributed by atoms with Gasteiger partial charge < -0.3 is 5.73 Å². The van der Waals surface area contributed by atoms with Crippen molar-refractivity contribution < 1.29 is 0 Å². The summed E-state index contributed by atoms with van der Waals surface area (Å²) in [5, 5.41) is 0. The number of hydrogen-bond donors (Lipinski definition) is 1. The summed E-state index contributed by atoms with van der Waals surface area (Å²) in [5.74, 6) is 1.79. The van der Waals surface area contributed by atoms with Crippen LogP contribution in [0.3, 0.4) is 0 Å². The van der Waals surface area contributed by atoms with E-state index in [1.54, 1.807) is 0 Å². The van der Waals surface area contributed by atoms with E-state index in [9.17, 15) is 0 Å². The van der Waals surface area contributed by atoms with E-state index in [2.05, 4.69) is 11.9 Å². The Morgan fingerprint density at radius 1 is 1.46 bits per heavy atom. The van der Waals surface area contributed by atoms with Crippen LogP contribution in [0.1, 0.15) is 18.4 Å². The lowest BCUT2D eigenvalue weighted by Crippen LogP contribution is -1.99. The molecule has 0 spiro atoms. The van der Waals surface area contributed by atoms with E-state index >= 15 is 0 Å². The SMILES string of the molecule is CCc1nc(C)c2cccc(N)n12. The molecule has 0 unspecified atom stereocenters. The van der Waals surface area contributed by atoms with Gasteiger partial charge in [-0.15, -0.1) is 0 Å². The number of rotatable bonds is 1. The zero-order chi connectivity index (χ0) is 9.42. The molecular weight excluding hydrogens is 162 g/mol. The fourth-order valence-electron chi connectivity index (χ4n) is 1.63. The third kappa shape index (κ3) is 1.08. The zero-order valence-electron chi connectivity index (χ0n) is 7.91. The molecule has 2 heterocycles. The maximum absolute atomic E-state index is 5.87. The van der Waals surface area contributed by atoms with Gasteiger partial charge in [-0.2, -0.15) is 0 Å². The van der Waals surface area contributed by atoms with Gasteiger partial charge in [-0.3, -0.25) is 4.40 Å². The maximum Gasteiger partial charge on any atom is 0.114 e. The molecule has 2 N–H and O–H groups in total. The molecule has 0 radical (unpaired) electrons. The molecule has 3 heteroatoms. The Labute approximate surface area is 77.2 Å². The number of hydrogen-bond acceptors (Lipinski definition) is 2. The van der Waals surface area contributed by atoms with Gasteiger partial charge in [0.25, 0.3) is 0 Å². The Morgan fingerprint density at radius 3 is 2.92 bits per heavy atom. The summed E-state index contributed by atoms with van der Waals surface area (Å²) in [5.41, 5.74) is 8.02. The number of imidazole rings is 1. The van der Waals surface area contributed by atoms with Gasteiger partial charge >= 0.3 is 0 Å². The van der Waals surface area contributed by atoms with Crippen LogP contribution in [-0.2, 0) is 6.42 Å².